The van der Waals surface area contributed by atoms with Gasteiger partial charge in [0.15, 0.2) is 0 Å². The Morgan fingerprint density at radius 1 is 1.16 bits per heavy atom. The lowest BCUT2D eigenvalue weighted by Gasteiger charge is -2.43. The number of hydrogen-bond donors (Lipinski definition) is 1. The van der Waals surface area contributed by atoms with E-state index < -0.39 is 17.3 Å². The number of carboxylic acids is 1. The van der Waals surface area contributed by atoms with Gasteiger partial charge in [0.2, 0.25) is 5.72 Å². The number of hydrogen-bond acceptors (Lipinski definition) is 7. The Morgan fingerprint density at radius 2 is 1.91 bits per heavy atom. The molecular formula is C32H43BrClN3O6. The van der Waals surface area contributed by atoms with E-state index in [2.05, 4.69) is 21.2 Å². The smallest absolute Gasteiger partial charge is 0.410 e. The Hall–Kier alpha value is -2.37. The maximum atomic E-state index is 12.4. The molecule has 1 N–H and O–H groups in total. The van der Waals surface area contributed by atoms with Crippen LogP contribution in [0.5, 0.6) is 5.75 Å². The van der Waals surface area contributed by atoms with E-state index in [1.165, 1.54) is 0 Å². The van der Waals surface area contributed by atoms with Crippen LogP contribution in [0.3, 0.4) is 0 Å². The van der Waals surface area contributed by atoms with Crippen molar-refractivity contribution in [2.75, 3.05) is 40.3 Å². The second-order valence-electron chi connectivity index (χ2n) is 13.1. The van der Waals surface area contributed by atoms with Gasteiger partial charge in [-0.05, 0) is 68.5 Å². The Bertz CT molecular complexity index is 1320. The van der Waals surface area contributed by atoms with Crippen molar-refractivity contribution in [2.24, 2.45) is 5.92 Å². The van der Waals surface area contributed by atoms with Crippen molar-refractivity contribution in [3.8, 4) is 5.75 Å². The van der Waals surface area contributed by atoms with Gasteiger partial charge in [0, 0.05) is 54.1 Å². The van der Waals surface area contributed by atoms with Crippen LogP contribution in [0, 0.1) is 5.92 Å². The third-order valence-electron chi connectivity index (χ3n) is 8.14. The Morgan fingerprint density at radius 3 is 2.56 bits per heavy atom. The monoisotopic (exact) mass is 679 g/mol. The highest BCUT2D eigenvalue weighted by Gasteiger charge is 2.52. The van der Waals surface area contributed by atoms with Crippen molar-refractivity contribution in [1.82, 2.24) is 10.2 Å². The number of halogens is 2. The fourth-order valence-corrected chi connectivity index (χ4v) is 6.56. The molecule has 2 aliphatic heterocycles. The minimum Gasteiger partial charge on any atom is -0.542 e. The van der Waals surface area contributed by atoms with Gasteiger partial charge < -0.3 is 34.3 Å². The SMILES string of the molecule is CC(C)(C)OC(=O)N1CCC(CNCc2cc(COC3(C(=O)[O-])CCC[N+]3(C)C)cc(OCc3ccc(Cl)cc3Br)c2)C1. The van der Waals surface area contributed by atoms with Crippen LogP contribution >= 0.6 is 27.5 Å². The Labute approximate surface area is 268 Å². The van der Waals surface area contributed by atoms with E-state index in [1.807, 2.05) is 71.3 Å². The average molecular weight is 681 g/mol. The third-order valence-corrected chi connectivity index (χ3v) is 9.12. The molecule has 2 aromatic carbocycles. The highest BCUT2D eigenvalue weighted by atomic mass is 79.9. The number of nitrogens with zero attached hydrogens (tertiary/aromatic N) is 2. The first-order valence-corrected chi connectivity index (χ1v) is 15.9. The van der Waals surface area contributed by atoms with Crippen molar-refractivity contribution in [3.63, 3.8) is 0 Å². The largest absolute Gasteiger partial charge is 0.542 e. The topological polar surface area (TPSA) is 100 Å². The van der Waals surface area contributed by atoms with Gasteiger partial charge in [0.25, 0.3) is 0 Å². The third kappa shape index (κ3) is 8.63. The van der Waals surface area contributed by atoms with Crippen LogP contribution in [0.2, 0.25) is 5.02 Å². The van der Waals surface area contributed by atoms with Gasteiger partial charge in [0.05, 0.1) is 27.2 Å². The second-order valence-corrected chi connectivity index (χ2v) is 14.4. The zero-order chi connectivity index (χ0) is 31.4. The van der Waals surface area contributed by atoms with E-state index in [0.29, 0.717) is 55.9 Å². The lowest BCUT2D eigenvalue weighted by molar-refractivity contribution is -0.946. The quantitative estimate of drug-likeness (QED) is 0.339. The molecule has 0 spiro atoms. The molecule has 0 radical (unpaired) electrons. The minimum atomic E-state index is -1.40. The Kier molecular flexibility index (Phi) is 10.7. The molecule has 9 nitrogen and oxygen atoms in total. The van der Waals surface area contributed by atoms with Gasteiger partial charge in [-0.3, -0.25) is 4.48 Å². The number of aliphatic carboxylic acids is 1. The van der Waals surface area contributed by atoms with Crippen molar-refractivity contribution in [2.45, 2.75) is 71.1 Å². The number of nitrogens with one attached hydrogen (secondary N) is 1. The Balaban J connectivity index is 1.44. The molecule has 2 unspecified atom stereocenters. The van der Waals surface area contributed by atoms with Gasteiger partial charge in [-0.15, -0.1) is 0 Å². The molecule has 2 saturated heterocycles. The van der Waals surface area contributed by atoms with Gasteiger partial charge in [-0.1, -0.05) is 39.7 Å². The van der Waals surface area contributed by atoms with Crippen LogP contribution < -0.4 is 15.2 Å². The van der Waals surface area contributed by atoms with Crippen molar-refractivity contribution in [3.05, 3.63) is 62.6 Å². The summed E-state index contributed by atoms with van der Waals surface area (Å²) in [6, 6.07) is 11.4. The summed E-state index contributed by atoms with van der Waals surface area (Å²) in [4.78, 5) is 26.5. The standard InChI is InChI=1S/C32H43BrClN3O6/c1-31(2,3)43-30(40)36-11-9-22(19-36)17-35-18-23-13-24(20-42-32(29(38)39)10-6-12-37(32,4)5)15-27(14-23)41-21-25-7-8-26(34)16-28(25)33/h7-8,13-16,22,35H,6,9-12,17-21H2,1-5H3. The molecular weight excluding hydrogens is 638 g/mol. The number of benzene rings is 2. The van der Waals surface area contributed by atoms with Crippen LogP contribution in [-0.2, 0) is 34.0 Å². The zero-order valence-electron chi connectivity index (χ0n) is 25.7. The van der Waals surface area contributed by atoms with Crippen molar-refractivity contribution >= 4 is 39.6 Å². The summed E-state index contributed by atoms with van der Waals surface area (Å²) in [6.07, 6.45) is 1.79. The fraction of sp³-hybridized carbons (Fsp3) is 0.562. The molecule has 2 fully saturated rings. The van der Waals surface area contributed by atoms with Crippen molar-refractivity contribution in [1.29, 1.82) is 0 Å². The molecule has 0 aromatic heterocycles. The minimum absolute atomic E-state index is 0.109. The number of carbonyl (C=O) groups is 2. The van der Waals surface area contributed by atoms with Crippen LogP contribution in [-0.4, -0.2) is 73.0 Å². The van der Waals surface area contributed by atoms with Crippen LogP contribution in [0.15, 0.2) is 40.9 Å². The van der Waals surface area contributed by atoms with Crippen molar-refractivity contribution < 1.29 is 33.4 Å². The number of carboxylic acid groups (broad SMARTS) is 1. The summed E-state index contributed by atoms with van der Waals surface area (Å²) < 4.78 is 19.0. The molecule has 236 valence electrons. The predicted octanol–water partition coefficient (Wildman–Crippen LogP) is 4.86. The van der Waals surface area contributed by atoms with E-state index in [0.717, 1.165) is 40.5 Å². The maximum absolute atomic E-state index is 12.4. The van der Waals surface area contributed by atoms with Gasteiger partial charge in [-0.25, -0.2) is 4.79 Å². The number of rotatable bonds is 11. The maximum Gasteiger partial charge on any atom is 0.410 e. The molecule has 2 aliphatic rings. The number of ether oxygens (including phenoxy) is 3. The highest BCUT2D eigenvalue weighted by molar-refractivity contribution is 9.10. The van der Waals surface area contributed by atoms with Crippen LogP contribution in [0.4, 0.5) is 4.79 Å². The molecule has 2 aromatic rings. The molecule has 4 rings (SSSR count). The average Bonchev–Trinajstić information content (AvgIpc) is 3.50. The summed E-state index contributed by atoms with van der Waals surface area (Å²) in [5, 5.41) is 16.4. The predicted molar refractivity (Wildman–Crippen MR) is 166 cm³/mol. The molecule has 43 heavy (non-hydrogen) atoms. The molecule has 0 bridgehead atoms. The van der Waals surface area contributed by atoms with E-state index >= 15 is 0 Å². The molecule has 2 atom stereocenters. The number of quaternary nitrogens is 1. The van der Waals surface area contributed by atoms with E-state index in [4.69, 9.17) is 25.8 Å². The number of likely N-dealkylation sites (tertiary alicyclic amines) is 2. The van der Waals surface area contributed by atoms with Crippen LogP contribution in [0.1, 0.15) is 56.7 Å². The van der Waals surface area contributed by atoms with E-state index in [9.17, 15) is 14.7 Å². The summed E-state index contributed by atoms with van der Waals surface area (Å²) >= 11 is 9.64. The molecule has 11 heteroatoms. The summed E-state index contributed by atoms with van der Waals surface area (Å²) in [5.74, 6) is -0.212. The fourth-order valence-electron chi connectivity index (χ4n) is 5.76. The lowest BCUT2D eigenvalue weighted by Crippen LogP contribution is -2.65. The molecule has 0 aliphatic carbocycles. The first-order chi connectivity index (χ1) is 20.2. The van der Waals surface area contributed by atoms with Gasteiger partial charge in [-0.2, -0.15) is 0 Å². The first kappa shape index (κ1) is 33.5. The normalized spacial score (nSPS) is 21.7. The summed E-state index contributed by atoms with van der Waals surface area (Å²) in [7, 11) is 3.74. The number of amides is 1. The molecule has 1 amide bonds. The van der Waals surface area contributed by atoms with E-state index in [1.54, 1.807) is 4.90 Å². The highest BCUT2D eigenvalue weighted by Crippen LogP contribution is 2.36. The number of likely N-dealkylation sites (N-methyl/N-ethyl adjacent to an activating group) is 1. The summed E-state index contributed by atoms with van der Waals surface area (Å²) in [5.41, 5.74) is 0.831. The van der Waals surface area contributed by atoms with Gasteiger partial charge >= 0.3 is 6.09 Å². The second kappa shape index (κ2) is 13.7. The number of carbonyl (C=O) groups excluding carboxylic acids is 2. The summed E-state index contributed by atoms with van der Waals surface area (Å²) in [6.45, 7) is 9.41. The molecule has 0 saturated carbocycles. The van der Waals surface area contributed by atoms with E-state index in [-0.39, 0.29) is 17.2 Å². The molecule has 2 heterocycles. The first-order valence-electron chi connectivity index (χ1n) is 14.7. The van der Waals surface area contributed by atoms with Crippen LogP contribution in [0.25, 0.3) is 0 Å². The zero-order valence-corrected chi connectivity index (χ0v) is 28.1. The lowest BCUT2D eigenvalue weighted by atomic mass is 10.1. The van der Waals surface area contributed by atoms with Gasteiger partial charge in [0.1, 0.15) is 23.9 Å².